The second-order valence-electron chi connectivity index (χ2n) is 6.74. The number of ketones is 1. The van der Waals surface area contributed by atoms with Gasteiger partial charge in [0, 0.05) is 41.2 Å². The number of rotatable bonds is 6. The molecule has 1 aromatic heterocycles. The third kappa shape index (κ3) is 4.55. The van der Waals surface area contributed by atoms with Crippen LogP contribution in [0.3, 0.4) is 0 Å². The quantitative estimate of drug-likeness (QED) is 0.654. The van der Waals surface area contributed by atoms with Crippen molar-refractivity contribution in [3.8, 4) is 0 Å². The maximum atomic E-state index is 12.4. The first-order valence-electron chi connectivity index (χ1n) is 9.32. The Morgan fingerprint density at radius 2 is 1.72 bits per heavy atom. The average molecular weight is 385 g/mol. The van der Waals surface area contributed by atoms with Crippen molar-refractivity contribution in [3.63, 3.8) is 0 Å². The van der Waals surface area contributed by atoms with E-state index in [4.69, 9.17) is 4.84 Å². The molecule has 3 aromatic rings. The standard InChI is InChI=1S/C23H19N3O3/c27-22(14-20-13-21(26-29-20)18-7-4-12-24-15-18)25-19-10-8-17(9-11-19)23(28)16-5-2-1-3-6-16/h1-12,15,20H,13-14H2,(H,25,27). The molecule has 0 fully saturated rings. The average Bonchev–Trinajstić information content (AvgIpc) is 3.23. The van der Waals surface area contributed by atoms with Crippen LogP contribution in [-0.2, 0) is 9.63 Å². The highest BCUT2D eigenvalue weighted by atomic mass is 16.6. The number of pyridine rings is 1. The minimum absolute atomic E-state index is 0.0529. The molecule has 1 atom stereocenters. The van der Waals surface area contributed by atoms with Crippen LogP contribution in [0.1, 0.15) is 34.3 Å². The Bertz CT molecular complexity index is 1030. The minimum Gasteiger partial charge on any atom is -0.391 e. The van der Waals surface area contributed by atoms with E-state index in [0.29, 0.717) is 23.2 Å². The van der Waals surface area contributed by atoms with Crippen LogP contribution >= 0.6 is 0 Å². The summed E-state index contributed by atoms with van der Waals surface area (Å²) < 4.78 is 0. The number of nitrogens with one attached hydrogen (secondary N) is 1. The summed E-state index contributed by atoms with van der Waals surface area (Å²) in [7, 11) is 0. The molecule has 6 heteroatoms. The maximum Gasteiger partial charge on any atom is 0.228 e. The fourth-order valence-electron chi connectivity index (χ4n) is 3.12. The van der Waals surface area contributed by atoms with E-state index in [9.17, 15) is 9.59 Å². The van der Waals surface area contributed by atoms with E-state index in [-0.39, 0.29) is 24.2 Å². The molecule has 1 aliphatic heterocycles. The SMILES string of the molecule is O=C(CC1CC(c2cccnc2)=NO1)Nc1ccc(C(=O)c2ccccc2)cc1. The molecule has 29 heavy (non-hydrogen) atoms. The molecule has 2 aromatic carbocycles. The number of hydrogen-bond donors (Lipinski definition) is 1. The highest BCUT2D eigenvalue weighted by molar-refractivity contribution is 6.09. The molecule has 0 radical (unpaired) electrons. The van der Waals surface area contributed by atoms with Crippen LogP contribution in [0, 0.1) is 0 Å². The number of carbonyl (C=O) groups is 2. The van der Waals surface area contributed by atoms with E-state index in [1.807, 2.05) is 30.3 Å². The molecule has 144 valence electrons. The normalized spacial score (nSPS) is 15.3. The zero-order valence-electron chi connectivity index (χ0n) is 15.6. The van der Waals surface area contributed by atoms with Crippen molar-refractivity contribution in [2.75, 3.05) is 5.32 Å². The predicted octanol–water partition coefficient (Wildman–Crippen LogP) is 3.83. The van der Waals surface area contributed by atoms with Gasteiger partial charge in [-0.25, -0.2) is 0 Å². The van der Waals surface area contributed by atoms with Crippen molar-refractivity contribution in [2.24, 2.45) is 5.16 Å². The first kappa shape index (κ1) is 18.6. The van der Waals surface area contributed by atoms with Crippen LogP contribution < -0.4 is 5.32 Å². The lowest BCUT2D eigenvalue weighted by atomic mass is 10.0. The lowest BCUT2D eigenvalue weighted by Gasteiger charge is -2.09. The largest absolute Gasteiger partial charge is 0.391 e. The third-order valence-corrected chi connectivity index (χ3v) is 4.61. The molecule has 0 saturated heterocycles. The Hall–Kier alpha value is -3.80. The molecule has 0 aliphatic carbocycles. The lowest BCUT2D eigenvalue weighted by molar-refractivity contribution is -0.118. The summed E-state index contributed by atoms with van der Waals surface area (Å²) in [4.78, 5) is 34.2. The van der Waals surface area contributed by atoms with Gasteiger partial charge in [0.25, 0.3) is 0 Å². The van der Waals surface area contributed by atoms with Crippen molar-refractivity contribution in [2.45, 2.75) is 18.9 Å². The van der Waals surface area contributed by atoms with E-state index in [1.165, 1.54) is 0 Å². The van der Waals surface area contributed by atoms with Gasteiger partial charge in [-0.3, -0.25) is 14.6 Å². The van der Waals surface area contributed by atoms with E-state index < -0.39 is 0 Å². The summed E-state index contributed by atoms with van der Waals surface area (Å²) >= 11 is 0. The summed E-state index contributed by atoms with van der Waals surface area (Å²) in [6.45, 7) is 0. The van der Waals surface area contributed by atoms with E-state index in [2.05, 4.69) is 15.5 Å². The fourth-order valence-corrected chi connectivity index (χ4v) is 3.12. The number of carbonyl (C=O) groups excluding carboxylic acids is 2. The maximum absolute atomic E-state index is 12.4. The molecule has 1 amide bonds. The smallest absolute Gasteiger partial charge is 0.228 e. The Morgan fingerprint density at radius 3 is 2.45 bits per heavy atom. The van der Waals surface area contributed by atoms with Crippen molar-refractivity contribution in [3.05, 3.63) is 95.8 Å². The van der Waals surface area contributed by atoms with Crippen molar-refractivity contribution in [1.82, 2.24) is 4.98 Å². The minimum atomic E-state index is -0.302. The summed E-state index contributed by atoms with van der Waals surface area (Å²) in [6, 6.07) is 19.7. The molecule has 0 saturated carbocycles. The van der Waals surface area contributed by atoms with Crippen LogP contribution in [0.4, 0.5) is 5.69 Å². The molecular formula is C23H19N3O3. The fraction of sp³-hybridized carbons (Fsp3) is 0.130. The van der Waals surface area contributed by atoms with E-state index in [0.717, 1.165) is 11.3 Å². The molecule has 4 rings (SSSR count). The molecule has 1 aliphatic rings. The third-order valence-electron chi connectivity index (χ3n) is 4.61. The Kier molecular flexibility index (Phi) is 5.42. The van der Waals surface area contributed by atoms with Crippen LogP contribution in [-0.4, -0.2) is 28.5 Å². The van der Waals surface area contributed by atoms with Gasteiger partial charge >= 0.3 is 0 Å². The first-order valence-corrected chi connectivity index (χ1v) is 9.32. The van der Waals surface area contributed by atoms with Crippen molar-refractivity contribution in [1.29, 1.82) is 0 Å². The van der Waals surface area contributed by atoms with Crippen LogP contribution in [0.15, 0.2) is 84.3 Å². The molecule has 6 nitrogen and oxygen atoms in total. The summed E-state index contributed by atoms with van der Waals surface area (Å²) in [5.74, 6) is -0.220. The summed E-state index contributed by atoms with van der Waals surface area (Å²) in [5, 5.41) is 6.90. The zero-order chi connectivity index (χ0) is 20.1. The number of aromatic nitrogens is 1. The highest BCUT2D eigenvalue weighted by Gasteiger charge is 2.25. The Balaban J connectivity index is 1.31. The van der Waals surface area contributed by atoms with E-state index >= 15 is 0 Å². The van der Waals surface area contributed by atoms with Crippen molar-refractivity contribution < 1.29 is 14.4 Å². The molecule has 0 bridgehead atoms. The van der Waals surface area contributed by atoms with Crippen LogP contribution in [0.2, 0.25) is 0 Å². The number of amides is 1. The first-order chi connectivity index (χ1) is 14.2. The topological polar surface area (TPSA) is 80.7 Å². The molecule has 2 heterocycles. The Morgan fingerprint density at radius 1 is 0.966 bits per heavy atom. The van der Waals surface area contributed by atoms with Crippen LogP contribution in [0.25, 0.3) is 0 Å². The molecule has 1 N–H and O–H groups in total. The molecular weight excluding hydrogens is 366 g/mol. The van der Waals surface area contributed by atoms with Gasteiger partial charge in [-0.2, -0.15) is 0 Å². The second-order valence-corrected chi connectivity index (χ2v) is 6.74. The van der Waals surface area contributed by atoms with Gasteiger partial charge in [0.2, 0.25) is 5.91 Å². The molecule has 0 spiro atoms. The van der Waals surface area contributed by atoms with Crippen molar-refractivity contribution >= 4 is 23.1 Å². The number of nitrogens with zero attached hydrogens (tertiary/aromatic N) is 2. The summed E-state index contributed by atoms with van der Waals surface area (Å²) in [6.07, 6.45) is 3.87. The number of oxime groups is 1. The number of anilines is 1. The number of benzene rings is 2. The lowest BCUT2D eigenvalue weighted by Crippen LogP contribution is -2.20. The van der Waals surface area contributed by atoms with E-state index in [1.54, 1.807) is 48.8 Å². The van der Waals surface area contributed by atoms with Gasteiger partial charge in [0.15, 0.2) is 5.78 Å². The van der Waals surface area contributed by atoms with Gasteiger partial charge < -0.3 is 10.2 Å². The Labute approximate surface area is 168 Å². The van der Waals surface area contributed by atoms with Gasteiger partial charge in [0.1, 0.15) is 6.10 Å². The zero-order valence-corrected chi connectivity index (χ0v) is 15.6. The number of hydrogen-bond acceptors (Lipinski definition) is 5. The second kappa shape index (κ2) is 8.48. The van der Waals surface area contributed by atoms with Gasteiger partial charge in [-0.05, 0) is 36.4 Å². The molecule has 1 unspecified atom stereocenters. The van der Waals surface area contributed by atoms with Crippen LogP contribution in [0.5, 0.6) is 0 Å². The highest BCUT2D eigenvalue weighted by Crippen LogP contribution is 2.20. The summed E-state index contributed by atoms with van der Waals surface area (Å²) in [5.41, 5.74) is 3.52. The van der Waals surface area contributed by atoms with Gasteiger partial charge in [0.05, 0.1) is 12.1 Å². The van der Waals surface area contributed by atoms with Gasteiger partial charge in [-0.15, -0.1) is 0 Å². The monoisotopic (exact) mass is 385 g/mol. The van der Waals surface area contributed by atoms with Gasteiger partial charge in [-0.1, -0.05) is 35.5 Å². The predicted molar refractivity (Wildman–Crippen MR) is 110 cm³/mol.